The van der Waals surface area contributed by atoms with Crippen molar-refractivity contribution in [2.45, 2.75) is 68.9 Å². The molecule has 2 fully saturated rings. The minimum Gasteiger partial charge on any atom is -0.468 e. The standard InChI is InChI=1S/C13H23NO6S/c15-6-8-9(16)10(17)11(18)12(20-8)14-13(21)19-7-4-2-1-3-5-7/h7-12,15-18H,1-6H2,(H,14,21)/t8-,9+,10+,11+,12-/m1/s1. The van der Waals surface area contributed by atoms with Crippen LogP contribution >= 0.6 is 12.2 Å². The molecule has 7 nitrogen and oxygen atoms in total. The van der Waals surface area contributed by atoms with E-state index in [-0.39, 0.29) is 11.3 Å². The molecule has 0 aromatic carbocycles. The maximum atomic E-state index is 9.88. The molecule has 5 N–H and O–H groups in total. The fourth-order valence-electron chi connectivity index (χ4n) is 2.71. The fourth-order valence-corrected chi connectivity index (χ4v) is 2.96. The number of thiocarbonyl (C=S) groups is 1. The van der Waals surface area contributed by atoms with Crippen LogP contribution in [-0.2, 0) is 9.47 Å². The maximum Gasteiger partial charge on any atom is 0.259 e. The van der Waals surface area contributed by atoms with Gasteiger partial charge in [0.15, 0.2) is 6.23 Å². The second-order valence-electron chi connectivity index (χ2n) is 5.56. The second kappa shape index (κ2) is 7.66. The predicted octanol–water partition coefficient (Wildman–Crippen LogP) is -0.990. The molecule has 122 valence electrons. The topological polar surface area (TPSA) is 111 Å². The second-order valence-corrected chi connectivity index (χ2v) is 5.93. The average molecular weight is 321 g/mol. The zero-order valence-electron chi connectivity index (χ0n) is 11.7. The monoisotopic (exact) mass is 321 g/mol. The van der Waals surface area contributed by atoms with Gasteiger partial charge in [0.25, 0.3) is 5.17 Å². The van der Waals surface area contributed by atoms with Gasteiger partial charge >= 0.3 is 0 Å². The lowest BCUT2D eigenvalue weighted by atomic mass is 9.98. The Balaban J connectivity index is 1.86. The number of rotatable bonds is 3. The molecule has 5 atom stereocenters. The van der Waals surface area contributed by atoms with Crippen molar-refractivity contribution in [1.29, 1.82) is 0 Å². The molecule has 1 aliphatic heterocycles. The van der Waals surface area contributed by atoms with Crippen LogP contribution in [0.5, 0.6) is 0 Å². The Bertz CT molecular complexity index is 350. The summed E-state index contributed by atoms with van der Waals surface area (Å²) in [5.41, 5.74) is 0. The number of ether oxygens (including phenoxy) is 2. The van der Waals surface area contributed by atoms with Gasteiger partial charge in [-0.2, -0.15) is 0 Å². The summed E-state index contributed by atoms with van der Waals surface area (Å²) in [6, 6.07) is 0. The molecule has 0 radical (unpaired) electrons. The highest BCUT2D eigenvalue weighted by Gasteiger charge is 2.43. The fraction of sp³-hybridized carbons (Fsp3) is 0.923. The summed E-state index contributed by atoms with van der Waals surface area (Å²) in [5.74, 6) is 0. The SMILES string of the molecule is OC[C@H]1O[C@@H](NC(=S)OC2CCCCC2)[C@@H](O)[C@@H](O)[C@H]1O. The Morgan fingerprint density at radius 1 is 1.10 bits per heavy atom. The molecule has 0 unspecified atom stereocenters. The Kier molecular flexibility index (Phi) is 6.15. The van der Waals surface area contributed by atoms with Crippen LogP contribution in [0.25, 0.3) is 0 Å². The first kappa shape index (κ1) is 16.9. The van der Waals surface area contributed by atoms with Crippen LogP contribution < -0.4 is 5.32 Å². The summed E-state index contributed by atoms with van der Waals surface area (Å²) in [4.78, 5) is 0. The highest BCUT2D eigenvalue weighted by Crippen LogP contribution is 2.22. The van der Waals surface area contributed by atoms with E-state index in [2.05, 4.69) is 5.32 Å². The molecule has 0 aromatic rings. The Morgan fingerprint density at radius 3 is 2.38 bits per heavy atom. The van der Waals surface area contributed by atoms with Crippen molar-refractivity contribution < 1.29 is 29.9 Å². The summed E-state index contributed by atoms with van der Waals surface area (Å²) in [7, 11) is 0. The smallest absolute Gasteiger partial charge is 0.259 e. The van der Waals surface area contributed by atoms with E-state index in [9.17, 15) is 15.3 Å². The van der Waals surface area contributed by atoms with Crippen molar-refractivity contribution in [3.05, 3.63) is 0 Å². The van der Waals surface area contributed by atoms with E-state index in [0.717, 1.165) is 25.7 Å². The van der Waals surface area contributed by atoms with E-state index in [4.69, 9.17) is 26.8 Å². The molecule has 0 aromatic heterocycles. The predicted molar refractivity (Wildman–Crippen MR) is 77.5 cm³/mol. The molecule has 1 saturated carbocycles. The molecule has 2 rings (SSSR count). The number of nitrogens with one attached hydrogen (secondary N) is 1. The van der Waals surface area contributed by atoms with Gasteiger partial charge in [-0.05, 0) is 37.9 Å². The van der Waals surface area contributed by atoms with Gasteiger partial charge in [-0.15, -0.1) is 0 Å². The zero-order chi connectivity index (χ0) is 15.4. The van der Waals surface area contributed by atoms with Gasteiger partial charge < -0.3 is 35.2 Å². The molecule has 0 amide bonds. The summed E-state index contributed by atoms with van der Waals surface area (Å²) >= 11 is 5.08. The third kappa shape index (κ3) is 4.24. The Morgan fingerprint density at radius 2 is 1.76 bits per heavy atom. The lowest BCUT2D eigenvalue weighted by Crippen LogP contribution is -2.63. The van der Waals surface area contributed by atoms with E-state index >= 15 is 0 Å². The minimum atomic E-state index is -1.43. The summed E-state index contributed by atoms with van der Waals surface area (Å²) in [5, 5.41) is 41.1. The lowest BCUT2D eigenvalue weighted by molar-refractivity contribution is -0.233. The van der Waals surface area contributed by atoms with E-state index < -0.39 is 37.3 Å². The zero-order valence-corrected chi connectivity index (χ0v) is 12.5. The molecule has 21 heavy (non-hydrogen) atoms. The van der Waals surface area contributed by atoms with Crippen molar-refractivity contribution in [3.8, 4) is 0 Å². The van der Waals surface area contributed by atoms with Gasteiger partial charge in [-0.25, -0.2) is 0 Å². The summed E-state index contributed by atoms with van der Waals surface area (Å²) in [6.45, 7) is -0.473. The van der Waals surface area contributed by atoms with Crippen molar-refractivity contribution >= 4 is 17.4 Å². The number of aliphatic hydroxyl groups is 4. The van der Waals surface area contributed by atoms with Gasteiger partial charge in [0, 0.05) is 0 Å². The molecule has 1 saturated heterocycles. The molecule has 2 aliphatic rings. The van der Waals surface area contributed by atoms with Gasteiger partial charge in [-0.3, -0.25) is 0 Å². The van der Waals surface area contributed by atoms with Crippen molar-refractivity contribution in [2.75, 3.05) is 6.61 Å². The average Bonchev–Trinajstić information content (AvgIpc) is 2.49. The Labute approximate surface area is 128 Å². The lowest BCUT2D eigenvalue weighted by Gasteiger charge is -2.40. The quantitative estimate of drug-likeness (QED) is 0.421. The number of hydrogen-bond donors (Lipinski definition) is 5. The molecular weight excluding hydrogens is 298 g/mol. The molecule has 0 spiro atoms. The third-order valence-corrected chi connectivity index (χ3v) is 4.19. The van der Waals surface area contributed by atoms with Crippen LogP contribution in [0.4, 0.5) is 0 Å². The van der Waals surface area contributed by atoms with Crippen LogP contribution in [0.1, 0.15) is 32.1 Å². The van der Waals surface area contributed by atoms with Crippen LogP contribution in [0.2, 0.25) is 0 Å². The number of aliphatic hydroxyl groups excluding tert-OH is 4. The van der Waals surface area contributed by atoms with E-state index in [1.165, 1.54) is 6.42 Å². The van der Waals surface area contributed by atoms with Gasteiger partial charge in [0.1, 0.15) is 30.5 Å². The van der Waals surface area contributed by atoms with Gasteiger partial charge in [0.2, 0.25) is 0 Å². The van der Waals surface area contributed by atoms with E-state index in [1.807, 2.05) is 0 Å². The molecule has 1 heterocycles. The molecule has 1 aliphatic carbocycles. The Hall–Kier alpha value is -0.510. The summed E-state index contributed by atoms with van der Waals surface area (Å²) < 4.78 is 10.9. The molecule has 8 heteroatoms. The first-order chi connectivity index (χ1) is 10.0. The van der Waals surface area contributed by atoms with Crippen LogP contribution in [0.3, 0.4) is 0 Å². The first-order valence-corrected chi connectivity index (χ1v) is 7.71. The van der Waals surface area contributed by atoms with Gasteiger partial charge in [0.05, 0.1) is 6.61 Å². The van der Waals surface area contributed by atoms with E-state index in [1.54, 1.807) is 0 Å². The normalized spacial score (nSPS) is 38.0. The number of hydrogen-bond acceptors (Lipinski definition) is 7. The summed E-state index contributed by atoms with van der Waals surface area (Å²) in [6.07, 6.45) is -0.809. The highest BCUT2D eigenvalue weighted by molar-refractivity contribution is 7.80. The maximum absolute atomic E-state index is 9.88. The largest absolute Gasteiger partial charge is 0.468 e. The van der Waals surface area contributed by atoms with Crippen molar-refractivity contribution in [2.24, 2.45) is 0 Å². The molecular formula is C13H23NO6S. The molecule has 0 bridgehead atoms. The minimum absolute atomic E-state index is 0.0589. The van der Waals surface area contributed by atoms with Crippen LogP contribution in [0.15, 0.2) is 0 Å². The third-order valence-electron chi connectivity index (χ3n) is 3.98. The van der Waals surface area contributed by atoms with Crippen LogP contribution in [-0.4, -0.2) is 69.0 Å². The van der Waals surface area contributed by atoms with Crippen LogP contribution in [0, 0.1) is 0 Å². The van der Waals surface area contributed by atoms with Crippen molar-refractivity contribution in [3.63, 3.8) is 0 Å². The highest BCUT2D eigenvalue weighted by atomic mass is 32.1. The van der Waals surface area contributed by atoms with Gasteiger partial charge in [-0.1, -0.05) is 6.42 Å². The first-order valence-electron chi connectivity index (χ1n) is 7.30. The van der Waals surface area contributed by atoms with Crippen molar-refractivity contribution in [1.82, 2.24) is 5.32 Å². The van der Waals surface area contributed by atoms with E-state index in [0.29, 0.717) is 0 Å².